The van der Waals surface area contributed by atoms with Crippen LogP contribution in [0, 0.1) is 5.92 Å². The molecule has 0 aromatic heterocycles. The zero-order valence-corrected chi connectivity index (χ0v) is 14.7. The van der Waals surface area contributed by atoms with Crippen molar-refractivity contribution in [2.24, 2.45) is 5.92 Å². The molecule has 2 aromatic rings. The molecule has 2 unspecified atom stereocenters. The van der Waals surface area contributed by atoms with Gasteiger partial charge in [-0.1, -0.05) is 13.0 Å². The van der Waals surface area contributed by atoms with E-state index in [1.54, 1.807) is 48.5 Å². The molecule has 0 N–H and O–H groups in total. The molecule has 0 aliphatic heterocycles. The van der Waals surface area contributed by atoms with E-state index >= 15 is 0 Å². The van der Waals surface area contributed by atoms with Gasteiger partial charge >= 0.3 is 0 Å². The summed E-state index contributed by atoms with van der Waals surface area (Å²) >= 11 is 0. The summed E-state index contributed by atoms with van der Waals surface area (Å²) in [5, 5.41) is 0. The summed E-state index contributed by atoms with van der Waals surface area (Å²) in [5.41, 5.74) is 0.627. The van der Waals surface area contributed by atoms with Gasteiger partial charge in [-0.3, -0.25) is 9.59 Å². The average molecular weight is 348 g/mol. The Hall–Kier alpha value is -3.14. The number of ether oxygens (including phenoxy) is 2. The van der Waals surface area contributed by atoms with Crippen molar-refractivity contribution in [3.63, 3.8) is 0 Å². The van der Waals surface area contributed by atoms with Gasteiger partial charge in [0, 0.05) is 11.1 Å². The summed E-state index contributed by atoms with van der Waals surface area (Å²) in [7, 11) is 0. The largest absolute Gasteiger partial charge is 0.483 e. The lowest BCUT2D eigenvalue weighted by atomic mass is 9.85. The Kier molecular flexibility index (Phi) is 5.03. The van der Waals surface area contributed by atoms with Crippen molar-refractivity contribution in [1.29, 1.82) is 0 Å². The first kappa shape index (κ1) is 17.7. The molecule has 0 heterocycles. The van der Waals surface area contributed by atoms with Crippen LogP contribution in [0.2, 0.25) is 0 Å². The predicted molar refractivity (Wildman–Crippen MR) is 99.7 cm³/mol. The minimum Gasteiger partial charge on any atom is -0.483 e. The second-order valence-corrected chi connectivity index (χ2v) is 6.41. The van der Waals surface area contributed by atoms with Gasteiger partial charge in [-0.2, -0.15) is 0 Å². The van der Waals surface area contributed by atoms with Crippen molar-refractivity contribution < 1.29 is 19.1 Å². The molecule has 26 heavy (non-hydrogen) atoms. The van der Waals surface area contributed by atoms with Crippen molar-refractivity contribution in [3.8, 4) is 11.5 Å². The van der Waals surface area contributed by atoms with Crippen molar-refractivity contribution in [1.82, 2.24) is 0 Å². The van der Waals surface area contributed by atoms with E-state index in [-0.39, 0.29) is 5.92 Å². The average Bonchev–Trinajstić information content (AvgIpc) is 2.67. The molecular formula is C22H20O4. The van der Waals surface area contributed by atoms with Gasteiger partial charge in [0.1, 0.15) is 35.4 Å². The lowest BCUT2D eigenvalue weighted by Crippen LogP contribution is -2.40. The number of hydrogen-bond acceptors (Lipinski definition) is 4. The maximum Gasteiger partial charge on any atom is 0.150 e. The normalized spacial score (nSPS) is 21.6. The zero-order valence-electron chi connectivity index (χ0n) is 14.7. The van der Waals surface area contributed by atoms with E-state index in [1.165, 1.54) is 0 Å². The number of hydrogen-bond donors (Lipinski definition) is 0. The fourth-order valence-corrected chi connectivity index (χ4v) is 2.77. The van der Waals surface area contributed by atoms with E-state index in [4.69, 9.17) is 9.47 Å². The van der Waals surface area contributed by atoms with Gasteiger partial charge in [-0.05, 0) is 67.6 Å². The lowest BCUT2D eigenvalue weighted by molar-refractivity contribution is 0.0775. The van der Waals surface area contributed by atoms with E-state index in [1.807, 2.05) is 32.1 Å². The summed E-state index contributed by atoms with van der Waals surface area (Å²) in [4.78, 5) is 21.5. The van der Waals surface area contributed by atoms with Crippen LogP contribution in [0.4, 0.5) is 0 Å². The Morgan fingerprint density at radius 2 is 1.42 bits per heavy atom. The smallest absolute Gasteiger partial charge is 0.150 e. The number of carbonyl (C=O) groups excluding carboxylic acids is 2. The molecule has 0 saturated heterocycles. The molecule has 4 heteroatoms. The fraction of sp³-hybridized carbons (Fsp3) is 0.182. The Morgan fingerprint density at radius 1 is 0.885 bits per heavy atom. The minimum atomic E-state index is -0.588. The van der Waals surface area contributed by atoms with E-state index in [9.17, 15) is 9.59 Å². The molecule has 1 aliphatic rings. The van der Waals surface area contributed by atoms with Crippen LogP contribution in [0.15, 0.2) is 72.5 Å². The van der Waals surface area contributed by atoms with E-state index in [0.717, 1.165) is 18.3 Å². The highest BCUT2D eigenvalue weighted by Crippen LogP contribution is 2.35. The molecule has 2 aromatic carbocycles. The third kappa shape index (κ3) is 3.75. The summed E-state index contributed by atoms with van der Waals surface area (Å²) in [5.74, 6) is 2.09. The highest BCUT2D eigenvalue weighted by molar-refractivity contribution is 5.75. The second-order valence-electron chi connectivity index (χ2n) is 6.41. The van der Waals surface area contributed by atoms with Gasteiger partial charge in [0.2, 0.25) is 0 Å². The number of rotatable bonds is 6. The summed E-state index contributed by atoms with van der Waals surface area (Å²) in [6.07, 6.45) is 7.43. The van der Waals surface area contributed by atoms with Crippen molar-refractivity contribution in [2.45, 2.75) is 19.4 Å². The molecule has 0 bridgehead atoms. The lowest BCUT2D eigenvalue weighted by Gasteiger charge is -2.36. The number of carbonyl (C=O) groups is 2. The number of aldehydes is 2. The minimum absolute atomic E-state index is 0.0380. The van der Waals surface area contributed by atoms with Crippen LogP contribution < -0.4 is 9.47 Å². The van der Waals surface area contributed by atoms with Crippen molar-refractivity contribution in [3.05, 3.63) is 83.6 Å². The van der Waals surface area contributed by atoms with Gasteiger partial charge in [-0.15, -0.1) is 0 Å². The summed E-state index contributed by atoms with van der Waals surface area (Å²) in [6.45, 7) is 4.03. The highest BCUT2D eigenvalue weighted by atomic mass is 16.5. The molecule has 2 atom stereocenters. The Balaban J connectivity index is 1.75. The number of allylic oxidation sites excluding steroid dienone is 2. The molecule has 0 fully saturated rings. The SMILES string of the molecule is CC1C(Oc2ccc(C=O)cc2)=CC=CC1(C)Oc1ccc(C=O)cc1. The van der Waals surface area contributed by atoms with Crippen LogP contribution in [0.25, 0.3) is 0 Å². The molecule has 4 nitrogen and oxygen atoms in total. The van der Waals surface area contributed by atoms with Crippen LogP contribution in [-0.2, 0) is 0 Å². The molecule has 0 spiro atoms. The standard InChI is InChI=1S/C22H20O4/c1-16-21(25-19-9-5-17(14-23)6-10-19)4-3-13-22(16,2)26-20-11-7-18(15-24)8-12-20/h3-16H,1-2H3. The first-order valence-electron chi connectivity index (χ1n) is 8.41. The Morgan fingerprint density at radius 3 is 1.96 bits per heavy atom. The molecule has 0 saturated carbocycles. The first-order chi connectivity index (χ1) is 12.5. The number of benzene rings is 2. The quantitative estimate of drug-likeness (QED) is 0.715. The van der Waals surface area contributed by atoms with Crippen LogP contribution >= 0.6 is 0 Å². The molecule has 3 rings (SSSR count). The van der Waals surface area contributed by atoms with Crippen LogP contribution in [0.3, 0.4) is 0 Å². The summed E-state index contributed by atoms with van der Waals surface area (Å²) < 4.78 is 12.2. The molecule has 0 radical (unpaired) electrons. The van der Waals surface area contributed by atoms with Gasteiger partial charge in [0.15, 0.2) is 0 Å². The van der Waals surface area contributed by atoms with Gasteiger partial charge in [0.25, 0.3) is 0 Å². The molecular weight excluding hydrogens is 328 g/mol. The van der Waals surface area contributed by atoms with Gasteiger partial charge in [-0.25, -0.2) is 0 Å². The Bertz CT molecular complexity index is 847. The Labute approximate surface area is 152 Å². The third-order valence-electron chi connectivity index (χ3n) is 4.58. The van der Waals surface area contributed by atoms with Crippen LogP contribution in [-0.4, -0.2) is 18.2 Å². The maximum absolute atomic E-state index is 10.8. The molecule has 1 aliphatic carbocycles. The van der Waals surface area contributed by atoms with Gasteiger partial charge < -0.3 is 9.47 Å². The first-order valence-corrected chi connectivity index (χ1v) is 8.41. The van der Waals surface area contributed by atoms with Crippen LogP contribution in [0.1, 0.15) is 34.6 Å². The van der Waals surface area contributed by atoms with Crippen molar-refractivity contribution in [2.75, 3.05) is 0 Å². The van der Waals surface area contributed by atoms with E-state index < -0.39 is 5.60 Å². The monoisotopic (exact) mass is 348 g/mol. The summed E-state index contributed by atoms with van der Waals surface area (Å²) in [6, 6.07) is 14.0. The molecule has 132 valence electrons. The third-order valence-corrected chi connectivity index (χ3v) is 4.58. The van der Waals surface area contributed by atoms with E-state index in [2.05, 4.69) is 0 Å². The maximum atomic E-state index is 10.8. The topological polar surface area (TPSA) is 52.6 Å². The second kappa shape index (κ2) is 7.40. The molecule has 0 amide bonds. The fourth-order valence-electron chi connectivity index (χ4n) is 2.77. The van der Waals surface area contributed by atoms with Crippen molar-refractivity contribution >= 4 is 12.6 Å². The zero-order chi connectivity index (χ0) is 18.6. The van der Waals surface area contributed by atoms with Gasteiger partial charge in [0.05, 0.1) is 5.92 Å². The van der Waals surface area contributed by atoms with E-state index in [0.29, 0.717) is 22.6 Å². The highest BCUT2D eigenvalue weighted by Gasteiger charge is 2.36. The van der Waals surface area contributed by atoms with Crippen LogP contribution in [0.5, 0.6) is 11.5 Å². The predicted octanol–water partition coefficient (Wildman–Crippen LogP) is 4.62.